The van der Waals surface area contributed by atoms with Crippen molar-refractivity contribution in [2.45, 2.75) is 26.0 Å². The number of rotatable bonds is 4. The summed E-state index contributed by atoms with van der Waals surface area (Å²) in [7, 11) is 1.96. The molecule has 0 heterocycles. The first-order chi connectivity index (χ1) is 4.57. The summed E-state index contributed by atoms with van der Waals surface area (Å²) in [5.41, 5.74) is 5.43. The monoisotopic (exact) mass is 146 g/mol. The molecule has 10 heavy (non-hydrogen) atoms. The van der Waals surface area contributed by atoms with Crippen LogP contribution in [0.4, 0.5) is 0 Å². The lowest BCUT2D eigenvalue weighted by atomic mass is 10.3. The van der Waals surface area contributed by atoms with Gasteiger partial charge in [0.2, 0.25) is 0 Å². The van der Waals surface area contributed by atoms with E-state index >= 15 is 0 Å². The number of aliphatic hydroxyl groups excluding tert-OH is 1. The van der Waals surface area contributed by atoms with E-state index in [9.17, 15) is 0 Å². The van der Waals surface area contributed by atoms with Gasteiger partial charge in [0.15, 0.2) is 0 Å². The maximum atomic E-state index is 8.98. The zero-order valence-electron chi connectivity index (χ0n) is 7.04. The van der Waals surface area contributed by atoms with Crippen molar-refractivity contribution in [3.63, 3.8) is 0 Å². The lowest BCUT2D eigenvalue weighted by Crippen LogP contribution is -2.39. The Bertz CT molecular complexity index is 85.7. The first kappa shape index (κ1) is 9.88. The molecule has 3 N–H and O–H groups in total. The molecule has 0 aromatic rings. The summed E-state index contributed by atoms with van der Waals surface area (Å²) in [6, 6.07) is 0.356. The van der Waals surface area contributed by atoms with Crippen molar-refractivity contribution < 1.29 is 5.11 Å². The number of aliphatic hydroxyl groups is 1. The van der Waals surface area contributed by atoms with Crippen LogP contribution in [0.5, 0.6) is 0 Å². The van der Waals surface area contributed by atoms with E-state index in [1.54, 1.807) is 6.92 Å². The smallest absolute Gasteiger partial charge is 0.0639 e. The van der Waals surface area contributed by atoms with Gasteiger partial charge in [-0.3, -0.25) is 4.90 Å². The van der Waals surface area contributed by atoms with Crippen molar-refractivity contribution >= 4 is 0 Å². The Labute approximate surface area is 62.8 Å². The maximum absolute atomic E-state index is 8.98. The molecule has 2 unspecified atom stereocenters. The Hall–Kier alpha value is -0.120. The SMILES string of the molecule is CC(O)CN(C)C(C)CN. The fourth-order valence-corrected chi connectivity index (χ4v) is 0.777. The fraction of sp³-hybridized carbons (Fsp3) is 1.00. The van der Waals surface area contributed by atoms with Gasteiger partial charge in [0.05, 0.1) is 6.10 Å². The molecule has 0 saturated carbocycles. The highest BCUT2D eigenvalue weighted by Gasteiger charge is 2.08. The fourth-order valence-electron chi connectivity index (χ4n) is 0.777. The molecule has 3 nitrogen and oxygen atoms in total. The van der Waals surface area contributed by atoms with Gasteiger partial charge in [-0.2, -0.15) is 0 Å². The predicted molar refractivity (Wildman–Crippen MR) is 42.8 cm³/mol. The molecule has 62 valence electrons. The Balaban J connectivity index is 3.50. The van der Waals surface area contributed by atoms with Crippen LogP contribution in [0, 0.1) is 0 Å². The molecule has 3 heteroatoms. The molecule has 0 aromatic heterocycles. The minimum atomic E-state index is -0.265. The van der Waals surface area contributed by atoms with E-state index in [4.69, 9.17) is 10.8 Å². The second kappa shape index (κ2) is 4.66. The largest absolute Gasteiger partial charge is 0.392 e. The van der Waals surface area contributed by atoms with Crippen LogP contribution in [0.1, 0.15) is 13.8 Å². The van der Waals surface area contributed by atoms with E-state index in [2.05, 4.69) is 0 Å². The molecule has 2 atom stereocenters. The zero-order valence-corrected chi connectivity index (χ0v) is 7.04. The molecule has 0 spiro atoms. The lowest BCUT2D eigenvalue weighted by molar-refractivity contribution is 0.123. The third kappa shape index (κ3) is 3.82. The van der Waals surface area contributed by atoms with Gasteiger partial charge in [-0.05, 0) is 20.9 Å². The van der Waals surface area contributed by atoms with Crippen LogP contribution >= 0.6 is 0 Å². The van der Waals surface area contributed by atoms with Crippen molar-refractivity contribution in [3.8, 4) is 0 Å². The lowest BCUT2D eigenvalue weighted by Gasteiger charge is -2.24. The highest BCUT2D eigenvalue weighted by Crippen LogP contribution is 1.94. The van der Waals surface area contributed by atoms with Crippen LogP contribution < -0.4 is 5.73 Å². The normalized spacial score (nSPS) is 17.4. The van der Waals surface area contributed by atoms with Gasteiger partial charge in [0.25, 0.3) is 0 Å². The molecule has 0 radical (unpaired) electrons. The average molecular weight is 146 g/mol. The van der Waals surface area contributed by atoms with Crippen LogP contribution in [0.25, 0.3) is 0 Å². The molecule has 0 aromatic carbocycles. The standard InChI is InChI=1S/C7H18N2O/c1-6(4-8)9(3)5-7(2)10/h6-7,10H,4-5,8H2,1-3H3. The summed E-state index contributed by atoms with van der Waals surface area (Å²) in [4.78, 5) is 2.05. The summed E-state index contributed by atoms with van der Waals surface area (Å²) in [5, 5.41) is 8.98. The van der Waals surface area contributed by atoms with Crippen LogP contribution in [-0.4, -0.2) is 42.3 Å². The zero-order chi connectivity index (χ0) is 8.15. The van der Waals surface area contributed by atoms with Gasteiger partial charge in [-0.1, -0.05) is 0 Å². The van der Waals surface area contributed by atoms with Crippen molar-refractivity contribution in [2.75, 3.05) is 20.1 Å². The Kier molecular flexibility index (Phi) is 4.60. The van der Waals surface area contributed by atoms with Gasteiger partial charge in [-0.25, -0.2) is 0 Å². The minimum absolute atomic E-state index is 0.265. The van der Waals surface area contributed by atoms with Gasteiger partial charge >= 0.3 is 0 Å². The average Bonchev–Trinajstić information content (AvgIpc) is 1.85. The number of nitrogens with zero attached hydrogens (tertiary/aromatic N) is 1. The van der Waals surface area contributed by atoms with E-state index < -0.39 is 0 Å². The van der Waals surface area contributed by atoms with E-state index in [0.717, 1.165) is 0 Å². The van der Waals surface area contributed by atoms with Gasteiger partial charge in [0.1, 0.15) is 0 Å². The van der Waals surface area contributed by atoms with Crippen LogP contribution in [0.3, 0.4) is 0 Å². The van der Waals surface area contributed by atoms with Gasteiger partial charge in [0, 0.05) is 19.1 Å². The summed E-state index contributed by atoms with van der Waals surface area (Å²) in [6.07, 6.45) is -0.265. The van der Waals surface area contributed by atoms with Crippen LogP contribution in [0.2, 0.25) is 0 Å². The van der Waals surface area contributed by atoms with E-state index in [-0.39, 0.29) is 6.10 Å². The number of likely N-dealkylation sites (N-methyl/N-ethyl adjacent to an activating group) is 1. The predicted octanol–water partition coefficient (Wildman–Crippen LogP) is -0.354. The van der Waals surface area contributed by atoms with E-state index in [0.29, 0.717) is 19.1 Å². The minimum Gasteiger partial charge on any atom is -0.392 e. The highest BCUT2D eigenvalue weighted by atomic mass is 16.3. The first-order valence-electron chi connectivity index (χ1n) is 3.66. The summed E-state index contributed by atoms with van der Waals surface area (Å²) in [5.74, 6) is 0. The Morgan fingerprint density at radius 3 is 2.30 bits per heavy atom. The van der Waals surface area contributed by atoms with Gasteiger partial charge in [-0.15, -0.1) is 0 Å². The second-order valence-corrected chi connectivity index (χ2v) is 2.87. The molecular weight excluding hydrogens is 128 g/mol. The molecule has 0 amide bonds. The maximum Gasteiger partial charge on any atom is 0.0639 e. The Morgan fingerprint density at radius 1 is 1.50 bits per heavy atom. The summed E-state index contributed by atoms with van der Waals surface area (Å²) in [6.45, 7) is 5.16. The second-order valence-electron chi connectivity index (χ2n) is 2.87. The number of hydrogen-bond donors (Lipinski definition) is 2. The molecule has 0 aliphatic heterocycles. The quantitative estimate of drug-likeness (QED) is 0.570. The molecule has 0 fully saturated rings. The molecule has 0 aliphatic carbocycles. The molecule has 0 aliphatic rings. The van der Waals surface area contributed by atoms with E-state index in [1.165, 1.54) is 0 Å². The Morgan fingerprint density at radius 2 is 2.00 bits per heavy atom. The number of hydrogen-bond acceptors (Lipinski definition) is 3. The van der Waals surface area contributed by atoms with Crippen molar-refractivity contribution in [1.29, 1.82) is 0 Å². The third-order valence-corrected chi connectivity index (χ3v) is 1.65. The van der Waals surface area contributed by atoms with Crippen molar-refractivity contribution in [3.05, 3.63) is 0 Å². The summed E-state index contributed by atoms with van der Waals surface area (Å²) < 4.78 is 0. The summed E-state index contributed by atoms with van der Waals surface area (Å²) >= 11 is 0. The molecule has 0 rings (SSSR count). The topological polar surface area (TPSA) is 49.5 Å². The third-order valence-electron chi connectivity index (χ3n) is 1.65. The first-order valence-corrected chi connectivity index (χ1v) is 3.66. The van der Waals surface area contributed by atoms with Crippen molar-refractivity contribution in [1.82, 2.24) is 4.90 Å². The van der Waals surface area contributed by atoms with Crippen LogP contribution in [0.15, 0.2) is 0 Å². The molecule has 0 bridgehead atoms. The van der Waals surface area contributed by atoms with Crippen LogP contribution in [-0.2, 0) is 0 Å². The highest BCUT2D eigenvalue weighted by molar-refractivity contribution is 4.65. The molecule has 0 saturated heterocycles. The molecular formula is C7H18N2O. The number of nitrogens with two attached hydrogens (primary N) is 1. The van der Waals surface area contributed by atoms with Gasteiger partial charge < -0.3 is 10.8 Å². The van der Waals surface area contributed by atoms with Crippen molar-refractivity contribution in [2.24, 2.45) is 5.73 Å². The van der Waals surface area contributed by atoms with E-state index in [1.807, 2.05) is 18.9 Å².